The molecule has 20 heavy (non-hydrogen) atoms. The maximum Gasteiger partial charge on any atom is 0.276 e. The summed E-state index contributed by atoms with van der Waals surface area (Å²) in [7, 11) is 0. The molecule has 1 aliphatic carbocycles. The number of aromatic hydroxyl groups is 1. The zero-order valence-electron chi connectivity index (χ0n) is 11.2. The Kier molecular flexibility index (Phi) is 4.50. The lowest BCUT2D eigenvalue weighted by Crippen LogP contribution is -2.38. The molecule has 2 fully saturated rings. The van der Waals surface area contributed by atoms with Crippen molar-refractivity contribution < 1.29 is 9.90 Å². The summed E-state index contributed by atoms with van der Waals surface area (Å²) in [6, 6.07) is 3.31. The summed E-state index contributed by atoms with van der Waals surface area (Å²) in [6.45, 7) is 1.44. The molecule has 3 rings (SSSR count). The van der Waals surface area contributed by atoms with Crippen LogP contribution in [0.4, 0.5) is 0 Å². The number of halogens is 1. The quantitative estimate of drug-likeness (QED) is 0.821. The number of aromatic nitrogens is 1. The van der Waals surface area contributed by atoms with Gasteiger partial charge in [0, 0.05) is 25.3 Å². The highest BCUT2D eigenvalue weighted by molar-refractivity contribution is 5.95. The Morgan fingerprint density at radius 1 is 1.40 bits per heavy atom. The van der Waals surface area contributed by atoms with Gasteiger partial charge in [-0.1, -0.05) is 6.42 Å². The van der Waals surface area contributed by atoms with Gasteiger partial charge in [-0.3, -0.25) is 4.79 Å². The second-order valence-corrected chi connectivity index (χ2v) is 5.60. The molecule has 3 unspecified atom stereocenters. The van der Waals surface area contributed by atoms with Gasteiger partial charge in [-0.15, -0.1) is 12.4 Å². The molecule has 0 aromatic carbocycles. The molecular weight excluding hydrogens is 278 g/mol. The van der Waals surface area contributed by atoms with E-state index in [2.05, 4.69) is 4.98 Å². The molecule has 1 saturated carbocycles. The molecule has 6 heteroatoms. The smallest absolute Gasteiger partial charge is 0.276 e. The number of amides is 1. The van der Waals surface area contributed by atoms with Gasteiger partial charge >= 0.3 is 0 Å². The Balaban J connectivity index is 0.00000147. The van der Waals surface area contributed by atoms with Crippen LogP contribution in [0.25, 0.3) is 0 Å². The highest BCUT2D eigenvalue weighted by Crippen LogP contribution is 2.36. The summed E-state index contributed by atoms with van der Waals surface area (Å²) in [5.41, 5.74) is 6.30. The second-order valence-electron chi connectivity index (χ2n) is 5.60. The van der Waals surface area contributed by atoms with Gasteiger partial charge in [0.15, 0.2) is 5.69 Å². The van der Waals surface area contributed by atoms with E-state index >= 15 is 0 Å². The molecule has 1 aromatic heterocycles. The zero-order chi connectivity index (χ0) is 13.4. The van der Waals surface area contributed by atoms with Gasteiger partial charge in [-0.2, -0.15) is 0 Å². The fraction of sp³-hybridized carbons (Fsp3) is 0.571. The van der Waals surface area contributed by atoms with Crippen LogP contribution < -0.4 is 5.73 Å². The van der Waals surface area contributed by atoms with Crippen LogP contribution in [0, 0.1) is 11.8 Å². The van der Waals surface area contributed by atoms with Gasteiger partial charge in [-0.05, 0) is 36.8 Å². The minimum Gasteiger partial charge on any atom is -0.505 e. The Labute approximate surface area is 124 Å². The largest absolute Gasteiger partial charge is 0.505 e. The van der Waals surface area contributed by atoms with Crippen molar-refractivity contribution in [3.63, 3.8) is 0 Å². The first-order valence-corrected chi connectivity index (χ1v) is 6.85. The summed E-state index contributed by atoms with van der Waals surface area (Å²) in [6.07, 6.45) is 4.88. The Morgan fingerprint density at radius 2 is 2.20 bits per heavy atom. The number of rotatable bonds is 1. The third-order valence-electron chi connectivity index (χ3n) is 4.43. The summed E-state index contributed by atoms with van der Waals surface area (Å²) in [5, 5.41) is 9.72. The molecule has 0 radical (unpaired) electrons. The molecule has 2 aliphatic rings. The Hall–Kier alpha value is -1.33. The highest BCUT2D eigenvalue weighted by Gasteiger charge is 2.41. The Bertz CT molecular complexity index is 497. The zero-order valence-corrected chi connectivity index (χ0v) is 12.1. The Morgan fingerprint density at radius 3 is 2.90 bits per heavy atom. The number of hydrogen-bond acceptors (Lipinski definition) is 4. The van der Waals surface area contributed by atoms with E-state index in [-0.39, 0.29) is 35.8 Å². The van der Waals surface area contributed by atoms with Crippen LogP contribution in [-0.4, -0.2) is 40.0 Å². The van der Waals surface area contributed by atoms with Crippen molar-refractivity contribution in [1.82, 2.24) is 9.88 Å². The SMILES string of the molecule is Cl.NC1CCCC2CN(C(=O)c3ncccc3O)CC12. The lowest BCUT2D eigenvalue weighted by atomic mass is 9.78. The minimum absolute atomic E-state index is 0. The fourth-order valence-electron chi connectivity index (χ4n) is 3.39. The van der Waals surface area contributed by atoms with Gasteiger partial charge in [0.25, 0.3) is 5.91 Å². The summed E-state index contributed by atoms with van der Waals surface area (Å²) in [5.74, 6) is 0.688. The molecule has 2 heterocycles. The van der Waals surface area contributed by atoms with Crippen LogP contribution in [0.3, 0.4) is 0 Å². The molecule has 110 valence electrons. The molecule has 3 N–H and O–H groups in total. The van der Waals surface area contributed by atoms with E-state index in [0.29, 0.717) is 18.4 Å². The molecule has 1 amide bonds. The van der Waals surface area contributed by atoms with E-state index in [4.69, 9.17) is 5.73 Å². The molecule has 1 saturated heterocycles. The summed E-state index contributed by atoms with van der Waals surface area (Å²) in [4.78, 5) is 18.2. The van der Waals surface area contributed by atoms with Crippen LogP contribution in [0.15, 0.2) is 18.3 Å². The number of likely N-dealkylation sites (tertiary alicyclic amines) is 1. The van der Waals surface area contributed by atoms with E-state index in [1.54, 1.807) is 11.0 Å². The third-order valence-corrected chi connectivity index (χ3v) is 4.43. The molecule has 0 bridgehead atoms. The van der Waals surface area contributed by atoms with E-state index in [1.165, 1.54) is 12.3 Å². The van der Waals surface area contributed by atoms with Crippen molar-refractivity contribution in [3.8, 4) is 5.75 Å². The predicted molar refractivity (Wildman–Crippen MR) is 77.9 cm³/mol. The topological polar surface area (TPSA) is 79.5 Å². The number of carbonyl (C=O) groups is 1. The van der Waals surface area contributed by atoms with Crippen LogP contribution in [-0.2, 0) is 0 Å². The van der Waals surface area contributed by atoms with Gasteiger partial charge < -0.3 is 15.7 Å². The highest BCUT2D eigenvalue weighted by atomic mass is 35.5. The van der Waals surface area contributed by atoms with Crippen LogP contribution in [0.5, 0.6) is 5.75 Å². The normalized spacial score (nSPS) is 28.6. The number of nitrogens with two attached hydrogens (primary N) is 1. The molecular formula is C14H20ClN3O2. The standard InChI is InChI=1S/C14H19N3O2.ClH/c15-11-4-1-3-9-7-17(8-10(9)11)14(19)13-12(18)5-2-6-16-13;/h2,5-6,9-11,18H,1,3-4,7-8,15H2;1H. The number of nitrogens with zero attached hydrogens (tertiary/aromatic N) is 2. The molecule has 3 atom stereocenters. The van der Waals surface area contributed by atoms with Crippen molar-refractivity contribution in [2.24, 2.45) is 17.6 Å². The maximum absolute atomic E-state index is 12.4. The minimum atomic E-state index is -0.181. The first-order chi connectivity index (χ1) is 9.16. The van der Waals surface area contributed by atoms with Crippen LogP contribution in [0.1, 0.15) is 29.8 Å². The predicted octanol–water partition coefficient (Wildman–Crippen LogP) is 1.41. The average molecular weight is 298 g/mol. The lowest BCUT2D eigenvalue weighted by molar-refractivity contribution is 0.0774. The molecule has 1 aliphatic heterocycles. The molecule has 5 nitrogen and oxygen atoms in total. The van der Waals surface area contributed by atoms with E-state index in [9.17, 15) is 9.90 Å². The maximum atomic E-state index is 12.4. The number of carbonyl (C=O) groups excluding carboxylic acids is 1. The summed E-state index contributed by atoms with van der Waals surface area (Å²) < 4.78 is 0. The molecule has 0 spiro atoms. The fourth-order valence-corrected chi connectivity index (χ4v) is 3.39. The van der Waals surface area contributed by atoms with Crippen molar-refractivity contribution in [2.75, 3.05) is 13.1 Å². The monoisotopic (exact) mass is 297 g/mol. The summed E-state index contributed by atoms with van der Waals surface area (Å²) >= 11 is 0. The lowest BCUT2D eigenvalue weighted by Gasteiger charge is -2.29. The van der Waals surface area contributed by atoms with E-state index in [0.717, 1.165) is 25.8 Å². The van der Waals surface area contributed by atoms with Crippen molar-refractivity contribution in [2.45, 2.75) is 25.3 Å². The van der Waals surface area contributed by atoms with Gasteiger partial charge in [0.05, 0.1) is 0 Å². The van der Waals surface area contributed by atoms with Crippen LogP contribution in [0.2, 0.25) is 0 Å². The van der Waals surface area contributed by atoms with Crippen molar-refractivity contribution >= 4 is 18.3 Å². The number of pyridine rings is 1. The number of hydrogen-bond donors (Lipinski definition) is 2. The van der Waals surface area contributed by atoms with Crippen molar-refractivity contribution in [1.29, 1.82) is 0 Å². The molecule has 1 aromatic rings. The van der Waals surface area contributed by atoms with Gasteiger partial charge in [-0.25, -0.2) is 4.98 Å². The van der Waals surface area contributed by atoms with Gasteiger partial charge in [0.1, 0.15) is 5.75 Å². The number of fused-ring (bicyclic) bond motifs is 1. The van der Waals surface area contributed by atoms with Crippen LogP contribution >= 0.6 is 12.4 Å². The van der Waals surface area contributed by atoms with E-state index < -0.39 is 0 Å². The third kappa shape index (κ3) is 2.60. The second kappa shape index (κ2) is 5.97. The first-order valence-electron chi connectivity index (χ1n) is 6.85. The van der Waals surface area contributed by atoms with E-state index in [1.807, 2.05) is 0 Å². The average Bonchev–Trinajstić information content (AvgIpc) is 2.84. The van der Waals surface area contributed by atoms with Crippen molar-refractivity contribution in [3.05, 3.63) is 24.0 Å². The first kappa shape index (κ1) is 15.1. The van der Waals surface area contributed by atoms with Gasteiger partial charge in [0.2, 0.25) is 0 Å².